The van der Waals surface area contributed by atoms with Gasteiger partial charge >= 0.3 is 0 Å². The first kappa shape index (κ1) is 12.9. The molecule has 3 rings (SSSR count). The molecule has 2 nitrogen and oxygen atoms in total. The topological polar surface area (TPSA) is 21.3 Å². The zero-order valence-corrected chi connectivity index (χ0v) is 11.1. The van der Waals surface area contributed by atoms with Gasteiger partial charge in [-0.3, -0.25) is 0 Å². The molecule has 0 saturated carbocycles. The predicted octanol–water partition coefficient (Wildman–Crippen LogP) is 4.07. The molecule has 1 N–H and O–H groups in total. The fourth-order valence-corrected chi connectivity index (χ4v) is 2.41. The maximum atomic E-state index is 13.6. The maximum absolute atomic E-state index is 13.6. The number of hydrogen-bond acceptors (Lipinski definition) is 2. The highest BCUT2D eigenvalue weighted by Crippen LogP contribution is 2.30. The van der Waals surface area contributed by atoms with Gasteiger partial charge in [0.25, 0.3) is 0 Å². The van der Waals surface area contributed by atoms with E-state index in [4.69, 9.17) is 4.74 Å². The lowest BCUT2D eigenvalue weighted by molar-refractivity contribution is 0.357. The van der Waals surface area contributed by atoms with E-state index in [2.05, 4.69) is 11.4 Å². The lowest BCUT2D eigenvalue weighted by Crippen LogP contribution is -2.08. The second-order valence-electron chi connectivity index (χ2n) is 4.93. The summed E-state index contributed by atoms with van der Waals surface area (Å²) < 4.78 is 32.3. The normalized spacial score (nSPS) is 14.6. The number of ether oxygens (including phenoxy) is 1. The molecule has 0 spiro atoms. The van der Waals surface area contributed by atoms with E-state index in [1.54, 1.807) is 0 Å². The Morgan fingerprint density at radius 2 is 2.05 bits per heavy atom. The Balaban J connectivity index is 1.82. The summed E-state index contributed by atoms with van der Waals surface area (Å²) in [6.45, 7) is 2.63. The van der Waals surface area contributed by atoms with Crippen molar-refractivity contribution in [3.63, 3.8) is 0 Å². The summed E-state index contributed by atoms with van der Waals surface area (Å²) in [4.78, 5) is 0. The number of benzene rings is 2. The average molecular weight is 275 g/mol. The van der Waals surface area contributed by atoms with E-state index >= 15 is 0 Å². The SMILES string of the molecule is CC(Nc1cccc(F)c1F)c1ccc2c(c1)CCO2. The van der Waals surface area contributed by atoms with E-state index in [9.17, 15) is 8.78 Å². The first-order valence-electron chi connectivity index (χ1n) is 6.61. The van der Waals surface area contributed by atoms with Crippen LogP contribution < -0.4 is 10.1 Å². The van der Waals surface area contributed by atoms with E-state index in [-0.39, 0.29) is 11.7 Å². The highest BCUT2D eigenvalue weighted by atomic mass is 19.2. The summed E-state index contributed by atoms with van der Waals surface area (Å²) in [7, 11) is 0. The minimum Gasteiger partial charge on any atom is -0.493 e. The Morgan fingerprint density at radius 1 is 1.20 bits per heavy atom. The van der Waals surface area contributed by atoms with Crippen molar-refractivity contribution in [2.24, 2.45) is 0 Å². The largest absolute Gasteiger partial charge is 0.493 e. The molecule has 1 atom stereocenters. The van der Waals surface area contributed by atoms with Crippen LogP contribution in [-0.2, 0) is 6.42 Å². The van der Waals surface area contributed by atoms with Gasteiger partial charge < -0.3 is 10.1 Å². The number of fused-ring (bicyclic) bond motifs is 1. The first-order valence-corrected chi connectivity index (χ1v) is 6.61. The first-order chi connectivity index (χ1) is 9.65. The third-order valence-electron chi connectivity index (χ3n) is 3.54. The lowest BCUT2D eigenvalue weighted by atomic mass is 10.0. The van der Waals surface area contributed by atoms with Crippen molar-refractivity contribution >= 4 is 5.69 Å². The fourth-order valence-electron chi connectivity index (χ4n) is 2.41. The molecule has 0 bridgehead atoms. The van der Waals surface area contributed by atoms with Gasteiger partial charge in [0.1, 0.15) is 5.75 Å². The van der Waals surface area contributed by atoms with Crippen LogP contribution in [0, 0.1) is 11.6 Å². The number of halogens is 2. The third-order valence-corrected chi connectivity index (χ3v) is 3.54. The van der Waals surface area contributed by atoms with Crippen molar-refractivity contribution in [3.05, 3.63) is 59.2 Å². The van der Waals surface area contributed by atoms with Gasteiger partial charge in [0.2, 0.25) is 0 Å². The van der Waals surface area contributed by atoms with E-state index in [0.29, 0.717) is 6.61 Å². The Morgan fingerprint density at radius 3 is 2.90 bits per heavy atom. The fraction of sp³-hybridized carbons (Fsp3) is 0.250. The lowest BCUT2D eigenvalue weighted by Gasteiger charge is -2.17. The van der Waals surface area contributed by atoms with E-state index in [0.717, 1.165) is 29.4 Å². The molecule has 4 heteroatoms. The average Bonchev–Trinajstić information content (AvgIpc) is 2.91. The molecule has 0 aromatic heterocycles. The van der Waals surface area contributed by atoms with Crippen LogP contribution in [0.25, 0.3) is 0 Å². The molecular formula is C16H15F2NO. The van der Waals surface area contributed by atoms with Crippen molar-refractivity contribution in [1.29, 1.82) is 0 Å². The number of anilines is 1. The van der Waals surface area contributed by atoms with Crippen molar-refractivity contribution in [2.45, 2.75) is 19.4 Å². The highest BCUT2D eigenvalue weighted by molar-refractivity contribution is 5.48. The molecule has 2 aromatic carbocycles. The molecule has 0 radical (unpaired) electrons. The van der Waals surface area contributed by atoms with Gasteiger partial charge in [-0.1, -0.05) is 12.1 Å². The third kappa shape index (κ3) is 2.33. The monoisotopic (exact) mass is 275 g/mol. The smallest absolute Gasteiger partial charge is 0.181 e. The van der Waals surface area contributed by atoms with E-state index in [1.165, 1.54) is 12.1 Å². The Kier molecular flexibility index (Phi) is 3.30. The standard InChI is InChI=1S/C16H15F2NO/c1-10(19-14-4-2-3-13(17)16(14)18)11-5-6-15-12(9-11)7-8-20-15/h2-6,9-10,19H,7-8H2,1H3. The summed E-state index contributed by atoms with van der Waals surface area (Å²) in [6.07, 6.45) is 0.893. The van der Waals surface area contributed by atoms with E-state index < -0.39 is 11.6 Å². The van der Waals surface area contributed by atoms with Crippen LogP contribution in [-0.4, -0.2) is 6.61 Å². The van der Waals surface area contributed by atoms with Crippen molar-refractivity contribution < 1.29 is 13.5 Å². The maximum Gasteiger partial charge on any atom is 0.181 e. The highest BCUT2D eigenvalue weighted by Gasteiger charge is 2.16. The van der Waals surface area contributed by atoms with Crippen LogP contribution in [0.15, 0.2) is 36.4 Å². The molecular weight excluding hydrogens is 260 g/mol. The molecule has 1 heterocycles. The second-order valence-corrected chi connectivity index (χ2v) is 4.93. The molecule has 1 aliphatic heterocycles. The van der Waals surface area contributed by atoms with Gasteiger partial charge in [0.15, 0.2) is 11.6 Å². The van der Waals surface area contributed by atoms with E-state index in [1.807, 2.05) is 19.1 Å². The van der Waals surface area contributed by atoms with Gasteiger partial charge in [-0.2, -0.15) is 0 Å². The van der Waals surface area contributed by atoms with Gasteiger partial charge in [0.05, 0.1) is 12.3 Å². The van der Waals surface area contributed by atoms with Gasteiger partial charge in [-0.25, -0.2) is 8.78 Å². The van der Waals surface area contributed by atoms with Crippen molar-refractivity contribution in [2.75, 3.05) is 11.9 Å². The van der Waals surface area contributed by atoms with Gasteiger partial charge in [0, 0.05) is 12.5 Å². The molecule has 0 fully saturated rings. The summed E-state index contributed by atoms with van der Waals surface area (Å²) in [5.74, 6) is -0.772. The van der Waals surface area contributed by atoms with Crippen LogP contribution in [0.2, 0.25) is 0 Å². The second kappa shape index (κ2) is 5.12. The van der Waals surface area contributed by atoms with Crippen LogP contribution in [0.4, 0.5) is 14.5 Å². The molecule has 20 heavy (non-hydrogen) atoms. The molecule has 0 saturated heterocycles. The number of rotatable bonds is 3. The zero-order valence-electron chi connectivity index (χ0n) is 11.1. The number of nitrogens with one attached hydrogen (secondary N) is 1. The number of hydrogen-bond donors (Lipinski definition) is 1. The zero-order chi connectivity index (χ0) is 14.1. The summed E-state index contributed by atoms with van der Waals surface area (Å²) in [5.41, 5.74) is 2.36. The van der Waals surface area contributed by atoms with Crippen LogP contribution in [0.5, 0.6) is 5.75 Å². The van der Waals surface area contributed by atoms with Gasteiger partial charge in [-0.15, -0.1) is 0 Å². The summed E-state index contributed by atoms with van der Waals surface area (Å²) in [6, 6.07) is 9.94. The van der Waals surface area contributed by atoms with Crippen LogP contribution >= 0.6 is 0 Å². The minimum absolute atomic E-state index is 0.114. The summed E-state index contributed by atoms with van der Waals surface area (Å²) in [5, 5.41) is 3.00. The minimum atomic E-state index is -0.844. The van der Waals surface area contributed by atoms with Crippen molar-refractivity contribution in [1.82, 2.24) is 0 Å². The summed E-state index contributed by atoms with van der Waals surface area (Å²) >= 11 is 0. The molecule has 1 unspecified atom stereocenters. The Labute approximate surface area is 116 Å². The molecule has 0 aliphatic carbocycles. The Bertz CT molecular complexity index is 642. The quantitative estimate of drug-likeness (QED) is 0.911. The molecule has 2 aromatic rings. The van der Waals surface area contributed by atoms with Gasteiger partial charge in [-0.05, 0) is 42.3 Å². The molecule has 104 valence electrons. The molecule has 0 amide bonds. The van der Waals surface area contributed by atoms with Crippen molar-refractivity contribution in [3.8, 4) is 5.75 Å². The Hall–Kier alpha value is -2.10. The predicted molar refractivity (Wildman–Crippen MR) is 74.0 cm³/mol. The van der Waals surface area contributed by atoms with Crippen LogP contribution in [0.3, 0.4) is 0 Å². The molecule has 1 aliphatic rings. The van der Waals surface area contributed by atoms with Crippen LogP contribution in [0.1, 0.15) is 24.1 Å².